The van der Waals surface area contributed by atoms with E-state index in [9.17, 15) is 8.42 Å². The molecule has 0 heterocycles. The molecule has 2 unspecified atom stereocenters. The topological polar surface area (TPSA) is 63.4 Å². The van der Waals surface area contributed by atoms with E-state index in [4.69, 9.17) is 18.0 Å². The van der Waals surface area contributed by atoms with Crippen molar-refractivity contribution >= 4 is 27.2 Å². The second-order valence-corrected chi connectivity index (χ2v) is 6.23. The van der Waals surface area contributed by atoms with E-state index < -0.39 is 15.3 Å². The Morgan fingerprint density at radius 2 is 1.87 bits per heavy atom. The first-order chi connectivity index (χ1) is 6.78. The van der Waals surface area contributed by atoms with Crippen molar-refractivity contribution in [3.63, 3.8) is 0 Å². The first kappa shape index (κ1) is 14.8. The molecule has 0 aliphatic carbocycles. The normalized spacial score (nSPS) is 16.3. The number of nitrogens with two attached hydrogens (primary N) is 1. The van der Waals surface area contributed by atoms with Crippen LogP contribution in [0.25, 0.3) is 0 Å². The Balaban J connectivity index is 5.06. The molecule has 0 bridgehead atoms. The predicted octanol–water partition coefficient (Wildman–Crippen LogP) is 1.11. The maximum Gasteiger partial charge on any atom is 0.223 e. The molecular weight excluding hydrogens is 232 g/mol. The van der Waals surface area contributed by atoms with Gasteiger partial charge in [0.1, 0.15) is 5.25 Å². The predicted molar refractivity (Wildman–Crippen MR) is 67.3 cm³/mol. The fraction of sp³-hybridized carbons (Fsp3) is 0.889. The van der Waals surface area contributed by atoms with Crippen LogP contribution in [-0.4, -0.2) is 35.5 Å². The Morgan fingerprint density at radius 1 is 1.40 bits per heavy atom. The Bertz CT molecular complexity index is 314. The lowest BCUT2D eigenvalue weighted by molar-refractivity contribution is 0.341. The van der Waals surface area contributed by atoms with Crippen molar-refractivity contribution in [1.29, 1.82) is 0 Å². The first-order valence-electron chi connectivity index (χ1n) is 5.08. The highest BCUT2D eigenvalue weighted by molar-refractivity contribution is 7.92. The van der Waals surface area contributed by atoms with Crippen LogP contribution in [0.3, 0.4) is 0 Å². The molecule has 2 atom stereocenters. The minimum Gasteiger partial charge on any atom is -0.392 e. The molecule has 4 nitrogen and oxygen atoms in total. The van der Waals surface area contributed by atoms with Gasteiger partial charge in [0, 0.05) is 12.6 Å². The van der Waals surface area contributed by atoms with Crippen molar-refractivity contribution < 1.29 is 8.42 Å². The fourth-order valence-corrected chi connectivity index (χ4v) is 3.37. The maximum absolute atomic E-state index is 12.1. The molecule has 0 spiro atoms. The van der Waals surface area contributed by atoms with E-state index in [1.807, 2.05) is 20.8 Å². The van der Waals surface area contributed by atoms with E-state index in [1.165, 1.54) is 11.2 Å². The quantitative estimate of drug-likeness (QED) is 0.719. The number of hydrogen-bond donors (Lipinski definition) is 1. The number of rotatable bonds is 6. The molecule has 0 aromatic heterocycles. The third-order valence-electron chi connectivity index (χ3n) is 2.57. The molecule has 0 aliphatic rings. The standard InChI is InChI=1S/C9H20N2O2S2/c1-5-7(3)11(6-2)15(12,13)8(4)9(10)14/h7-8H,5-6H2,1-4H3,(H2,10,14). The van der Waals surface area contributed by atoms with E-state index in [1.54, 1.807) is 0 Å². The van der Waals surface area contributed by atoms with Crippen LogP contribution < -0.4 is 5.73 Å². The zero-order chi connectivity index (χ0) is 12.2. The molecule has 0 aromatic carbocycles. The Morgan fingerprint density at radius 3 is 2.13 bits per heavy atom. The molecule has 0 fully saturated rings. The van der Waals surface area contributed by atoms with Gasteiger partial charge >= 0.3 is 0 Å². The van der Waals surface area contributed by atoms with E-state index in [2.05, 4.69) is 0 Å². The molecular formula is C9H20N2O2S2. The summed E-state index contributed by atoms with van der Waals surface area (Å²) in [7, 11) is -3.39. The van der Waals surface area contributed by atoms with Crippen LogP contribution in [0, 0.1) is 0 Å². The first-order valence-corrected chi connectivity index (χ1v) is 7.00. The maximum atomic E-state index is 12.1. The molecule has 0 aliphatic heterocycles. The Kier molecular flexibility index (Phi) is 5.69. The van der Waals surface area contributed by atoms with Crippen LogP contribution in [0.15, 0.2) is 0 Å². The van der Waals surface area contributed by atoms with Gasteiger partial charge in [-0.3, -0.25) is 0 Å². The van der Waals surface area contributed by atoms with Gasteiger partial charge in [0.15, 0.2) is 0 Å². The van der Waals surface area contributed by atoms with Crippen LogP contribution in [0.2, 0.25) is 0 Å². The smallest absolute Gasteiger partial charge is 0.223 e. The third kappa shape index (κ3) is 3.39. The van der Waals surface area contributed by atoms with Gasteiger partial charge in [-0.2, -0.15) is 4.31 Å². The van der Waals surface area contributed by atoms with Gasteiger partial charge in [0.05, 0.1) is 4.99 Å². The number of hydrogen-bond acceptors (Lipinski definition) is 3. The zero-order valence-corrected chi connectivity index (χ0v) is 11.4. The summed E-state index contributed by atoms with van der Waals surface area (Å²) >= 11 is 4.73. The van der Waals surface area contributed by atoms with E-state index in [-0.39, 0.29) is 11.0 Å². The lowest BCUT2D eigenvalue weighted by atomic mass is 10.3. The van der Waals surface area contributed by atoms with Crippen molar-refractivity contribution in [3.05, 3.63) is 0 Å². The van der Waals surface area contributed by atoms with Gasteiger partial charge in [-0.05, 0) is 20.3 Å². The summed E-state index contributed by atoms with van der Waals surface area (Å²) in [4.78, 5) is 0.0248. The zero-order valence-electron chi connectivity index (χ0n) is 9.73. The van der Waals surface area contributed by atoms with Crippen molar-refractivity contribution in [2.45, 2.75) is 45.4 Å². The molecule has 0 radical (unpaired) electrons. The van der Waals surface area contributed by atoms with Crippen LogP contribution in [-0.2, 0) is 10.0 Å². The Hall–Kier alpha value is -0.200. The van der Waals surface area contributed by atoms with Gasteiger partial charge in [-0.1, -0.05) is 26.1 Å². The highest BCUT2D eigenvalue weighted by atomic mass is 32.2. The molecule has 90 valence electrons. The summed E-state index contributed by atoms with van der Waals surface area (Å²) in [6, 6.07) is -0.0169. The minimum absolute atomic E-state index is 0.0169. The molecule has 0 saturated heterocycles. The highest BCUT2D eigenvalue weighted by Gasteiger charge is 2.31. The second-order valence-electron chi connectivity index (χ2n) is 3.55. The van der Waals surface area contributed by atoms with Gasteiger partial charge in [0.2, 0.25) is 10.0 Å². The van der Waals surface area contributed by atoms with E-state index >= 15 is 0 Å². The summed E-state index contributed by atoms with van der Waals surface area (Å²) in [5, 5.41) is -0.790. The largest absolute Gasteiger partial charge is 0.392 e. The summed E-state index contributed by atoms with van der Waals surface area (Å²) in [6.07, 6.45) is 0.775. The van der Waals surface area contributed by atoms with Crippen molar-refractivity contribution in [2.24, 2.45) is 5.73 Å². The lowest BCUT2D eigenvalue weighted by Crippen LogP contribution is -2.46. The van der Waals surface area contributed by atoms with Gasteiger partial charge in [-0.15, -0.1) is 0 Å². The molecule has 0 saturated carbocycles. The molecule has 2 N–H and O–H groups in total. The molecule has 0 aromatic rings. The minimum atomic E-state index is -3.39. The van der Waals surface area contributed by atoms with E-state index in [0.29, 0.717) is 6.54 Å². The van der Waals surface area contributed by atoms with Crippen LogP contribution in [0.1, 0.15) is 34.1 Å². The summed E-state index contributed by atoms with van der Waals surface area (Å²) < 4.78 is 25.6. The average molecular weight is 252 g/mol. The van der Waals surface area contributed by atoms with Crippen LogP contribution in [0.4, 0.5) is 0 Å². The summed E-state index contributed by atoms with van der Waals surface area (Å²) in [5.74, 6) is 0. The van der Waals surface area contributed by atoms with Gasteiger partial charge in [-0.25, -0.2) is 8.42 Å². The number of nitrogens with zero attached hydrogens (tertiary/aromatic N) is 1. The number of thiocarbonyl (C=S) groups is 1. The van der Waals surface area contributed by atoms with Gasteiger partial charge < -0.3 is 5.73 Å². The van der Waals surface area contributed by atoms with Crippen molar-refractivity contribution in [2.75, 3.05) is 6.54 Å². The highest BCUT2D eigenvalue weighted by Crippen LogP contribution is 2.14. The van der Waals surface area contributed by atoms with E-state index in [0.717, 1.165) is 6.42 Å². The molecule has 6 heteroatoms. The summed E-state index contributed by atoms with van der Waals surface area (Å²) in [5.41, 5.74) is 5.38. The Labute approximate surface area is 97.9 Å². The fourth-order valence-electron chi connectivity index (χ4n) is 1.30. The molecule has 0 rings (SSSR count). The average Bonchev–Trinajstić information content (AvgIpc) is 2.16. The monoisotopic (exact) mass is 252 g/mol. The second kappa shape index (κ2) is 5.77. The molecule has 15 heavy (non-hydrogen) atoms. The van der Waals surface area contributed by atoms with Gasteiger partial charge in [0.25, 0.3) is 0 Å². The van der Waals surface area contributed by atoms with Crippen molar-refractivity contribution in [3.8, 4) is 0 Å². The van der Waals surface area contributed by atoms with Crippen molar-refractivity contribution in [1.82, 2.24) is 4.31 Å². The third-order valence-corrected chi connectivity index (χ3v) is 5.49. The SMILES string of the molecule is CCC(C)N(CC)S(=O)(=O)C(C)C(N)=S. The summed E-state index contributed by atoms with van der Waals surface area (Å²) in [6.45, 7) is 7.63. The number of sulfonamides is 1. The lowest BCUT2D eigenvalue weighted by Gasteiger charge is -2.28. The molecule has 0 amide bonds. The van der Waals surface area contributed by atoms with Crippen LogP contribution in [0.5, 0.6) is 0 Å². The van der Waals surface area contributed by atoms with Crippen LogP contribution >= 0.6 is 12.2 Å².